The van der Waals surface area contributed by atoms with Crippen molar-refractivity contribution in [1.82, 2.24) is 9.97 Å². The number of carboxylic acids is 1. The maximum Gasteiger partial charge on any atom is 0.345 e. The molecule has 4 heterocycles. The van der Waals surface area contributed by atoms with Gasteiger partial charge < -0.3 is 19.7 Å². The smallest absolute Gasteiger partial charge is 0.345 e. The zero-order chi connectivity index (χ0) is 19.3. The van der Waals surface area contributed by atoms with Crippen LogP contribution in [0.15, 0.2) is 66.0 Å². The number of fused-ring (bicyclic) bond motifs is 2. The van der Waals surface area contributed by atoms with Crippen LogP contribution < -0.4 is 4.90 Å². The molecule has 0 fully saturated rings. The van der Waals surface area contributed by atoms with Crippen molar-refractivity contribution in [3.05, 3.63) is 77.1 Å². The normalized spacial score (nSPS) is 17.5. The second-order valence-corrected chi connectivity index (χ2v) is 6.60. The Bertz CT molecular complexity index is 1210. The van der Waals surface area contributed by atoms with Gasteiger partial charge in [-0.1, -0.05) is 18.2 Å². The van der Waals surface area contributed by atoms with Gasteiger partial charge in [0.25, 0.3) is 0 Å². The molecule has 0 saturated carbocycles. The summed E-state index contributed by atoms with van der Waals surface area (Å²) in [6.45, 7) is 0.559. The topological polar surface area (TPSA) is 95.5 Å². The molecule has 0 amide bonds. The number of carbonyl (C=O) groups is 2. The third-order valence-corrected chi connectivity index (χ3v) is 4.99. The average molecular weight is 373 g/mol. The van der Waals surface area contributed by atoms with Crippen LogP contribution >= 0.6 is 0 Å². The first-order valence-electron chi connectivity index (χ1n) is 8.83. The monoisotopic (exact) mass is 373 g/mol. The maximum absolute atomic E-state index is 12.8. The molecule has 0 bridgehead atoms. The SMILES string of the molecule is O=C(O)C1=C(N2CCc3ccccc32)OC(=Cc2c[nH]c3ncccc23)C1=O. The van der Waals surface area contributed by atoms with Crippen molar-refractivity contribution in [2.24, 2.45) is 0 Å². The Kier molecular flexibility index (Phi) is 3.55. The minimum Gasteiger partial charge on any atom is -0.477 e. The van der Waals surface area contributed by atoms with E-state index in [0.29, 0.717) is 17.8 Å². The Morgan fingerprint density at radius 1 is 1.25 bits per heavy atom. The lowest BCUT2D eigenvalue weighted by Crippen LogP contribution is -2.23. The van der Waals surface area contributed by atoms with Crippen LogP contribution in [-0.4, -0.2) is 33.4 Å². The standard InChI is InChI=1S/C21H15N3O4/c25-18-16(10-13-11-23-19-14(13)5-3-8-22-19)28-20(17(18)21(26)27)24-9-7-12-4-1-2-6-15(12)24/h1-6,8,10-11H,7,9H2,(H,22,23)(H,26,27). The van der Waals surface area contributed by atoms with E-state index in [2.05, 4.69) is 9.97 Å². The van der Waals surface area contributed by atoms with E-state index < -0.39 is 11.8 Å². The number of ketones is 1. The quantitative estimate of drug-likeness (QED) is 0.541. The molecule has 5 rings (SSSR count). The number of anilines is 1. The first-order valence-corrected chi connectivity index (χ1v) is 8.83. The Morgan fingerprint density at radius 3 is 2.96 bits per heavy atom. The van der Waals surface area contributed by atoms with Crippen molar-refractivity contribution in [1.29, 1.82) is 0 Å². The first-order chi connectivity index (χ1) is 13.6. The predicted octanol–water partition coefficient (Wildman–Crippen LogP) is 2.86. The van der Waals surface area contributed by atoms with Crippen LogP contribution in [0.25, 0.3) is 17.1 Å². The third-order valence-electron chi connectivity index (χ3n) is 4.99. The second-order valence-electron chi connectivity index (χ2n) is 6.60. The number of carbonyl (C=O) groups excluding carboxylic acids is 1. The van der Waals surface area contributed by atoms with E-state index in [1.165, 1.54) is 0 Å². The molecule has 28 heavy (non-hydrogen) atoms. The number of H-pyrrole nitrogens is 1. The third kappa shape index (κ3) is 2.40. The van der Waals surface area contributed by atoms with Gasteiger partial charge in [0, 0.05) is 35.6 Å². The molecule has 2 aliphatic rings. The molecule has 0 saturated heterocycles. The highest BCUT2D eigenvalue weighted by Crippen LogP contribution is 2.37. The van der Waals surface area contributed by atoms with Gasteiger partial charge >= 0.3 is 5.97 Å². The van der Waals surface area contributed by atoms with E-state index in [1.807, 2.05) is 30.3 Å². The Balaban J connectivity index is 1.57. The zero-order valence-electron chi connectivity index (χ0n) is 14.7. The molecule has 138 valence electrons. The molecule has 2 aliphatic heterocycles. The molecule has 0 spiro atoms. The number of benzene rings is 1. The number of aliphatic carboxylic acids is 1. The summed E-state index contributed by atoms with van der Waals surface area (Å²) in [5.41, 5.74) is 3.00. The summed E-state index contributed by atoms with van der Waals surface area (Å²) < 4.78 is 5.81. The number of hydrogen-bond acceptors (Lipinski definition) is 5. The Labute approximate surface area is 159 Å². The summed E-state index contributed by atoms with van der Waals surface area (Å²) in [5.74, 6) is -1.87. The highest BCUT2D eigenvalue weighted by atomic mass is 16.5. The Morgan fingerprint density at radius 2 is 2.11 bits per heavy atom. The molecule has 7 heteroatoms. The molecule has 2 N–H and O–H groups in total. The number of nitrogens with zero attached hydrogens (tertiary/aromatic N) is 2. The summed E-state index contributed by atoms with van der Waals surface area (Å²) in [6.07, 6.45) is 5.70. The fourth-order valence-electron chi connectivity index (χ4n) is 3.68. The minimum absolute atomic E-state index is 0.0125. The number of allylic oxidation sites excluding steroid dienone is 1. The number of Topliss-reactive ketones (excluding diaryl/α,β-unsaturated/α-hetero) is 1. The molecule has 3 aromatic rings. The predicted molar refractivity (Wildman–Crippen MR) is 102 cm³/mol. The van der Waals surface area contributed by atoms with Gasteiger partial charge in [0.2, 0.25) is 11.7 Å². The number of carboxylic acid groups (broad SMARTS) is 1. The highest BCUT2D eigenvalue weighted by Gasteiger charge is 2.40. The number of aromatic amines is 1. The van der Waals surface area contributed by atoms with Crippen molar-refractivity contribution in [2.75, 3.05) is 11.4 Å². The van der Waals surface area contributed by atoms with Gasteiger partial charge in [-0.05, 0) is 36.3 Å². The fraction of sp³-hybridized carbons (Fsp3) is 0.0952. The summed E-state index contributed by atoms with van der Waals surface area (Å²) in [7, 11) is 0. The van der Waals surface area contributed by atoms with E-state index in [9.17, 15) is 14.7 Å². The molecule has 0 aliphatic carbocycles. The number of rotatable bonds is 3. The first kappa shape index (κ1) is 16.3. The fourth-order valence-corrected chi connectivity index (χ4v) is 3.68. The van der Waals surface area contributed by atoms with Crippen LogP contribution in [0, 0.1) is 0 Å². The van der Waals surface area contributed by atoms with Crippen molar-refractivity contribution >= 4 is 34.5 Å². The highest BCUT2D eigenvalue weighted by molar-refractivity contribution is 6.26. The van der Waals surface area contributed by atoms with E-state index in [1.54, 1.807) is 29.4 Å². The summed E-state index contributed by atoms with van der Waals surface area (Å²) in [4.78, 5) is 33.6. The van der Waals surface area contributed by atoms with Gasteiger partial charge in [0.1, 0.15) is 5.65 Å². The molecular weight excluding hydrogens is 358 g/mol. The van der Waals surface area contributed by atoms with Crippen LogP contribution in [0.4, 0.5) is 5.69 Å². The molecule has 1 aromatic carbocycles. The van der Waals surface area contributed by atoms with E-state index in [-0.39, 0.29) is 17.2 Å². The van der Waals surface area contributed by atoms with Crippen molar-refractivity contribution in [2.45, 2.75) is 6.42 Å². The second kappa shape index (κ2) is 6.09. The lowest BCUT2D eigenvalue weighted by molar-refractivity contribution is -0.134. The number of para-hydroxylation sites is 1. The van der Waals surface area contributed by atoms with Gasteiger partial charge in [-0.15, -0.1) is 0 Å². The van der Waals surface area contributed by atoms with Gasteiger partial charge in [-0.25, -0.2) is 9.78 Å². The van der Waals surface area contributed by atoms with E-state index in [4.69, 9.17) is 4.74 Å². The molecule has 7 nitrogen and oxygen atoms in total. The number of pyridine rings is 1. The average Bonchev–Trinajstić information content (AvgIpc) is 3.38. The Hall–Kier alpha value is -3.87. The lowest BCUT2D eigenvalue weighted by Gasteiger charge is -2.20. The van der Waals surface area contributed by atoms with Crippen molar-refractivity contribution in [3.63, 3.8) is 0 Å². The number of aromatic nitrogens is 2. The van der Waals surface area contributed by atoms with E-state index >= 15 is 0 Å². The molecule has 2 aromatic heterocycles. The zero-order valence-corrected chi connectivity index (χ0v) is 14.7. The number of hydrogen-bond donors (Lipinski definition) is 2. The summed E-state index contributed by atoms with van der Waals surface area (Å²) in [5, 5.41) is 10.5. The van der Waals surface area contributed by atoms with Crippen LogP contribution in [-0.2, 0) is 20.7 Å². The largest absolute Gasteiger partial charge is 0.477 e. The molecule has 0 radical (unpaired) electrons. The summed E-state index contributed by atoms with van der Waals surface area (Å²) in [6, 6.07) is 11.4. The van der Waals surface area contributed by atoms with Crippen LogP contribution in [0.3, 0.4) is 0 Å². The van der Waals surface area contributed by atoms with Crippen LogP contribution in [0.2, 0.25) is 0 Å². The van der Waals surface area contributed by atoms with Crippen molar-refractivity contribution in [3.8, 4) is 0 Å². The maximum atomic E-state index is 12.8. The summed E-state index contributed by atoms with van der Waals surface area (Å²) >= 11 is 0. The van der Waals surface area contributed by atoms with Crippen molar-refractivity contribution < 1.29 is 19.4 Å². The van der Waals surface area contributed by atoms with Crippen LogP contribution in [0.5, 0.6) is 0 Å². The lowest BCUT2D eigenvalue weighted by atomic mass is 10.1. The van der Waals surface area contributed by atoms with Gasteiger partial charge in [0.05, 0.1) is 0 Å². The van der Waals surface area contributed by atoms with E-state index in [0.717, 1.165) is 23.1 Å². The molecule has 0 unspecified atom stereocenters. The molecular formula is C21H15N3O4. The van der Waals surface area contributed by atoms with Gasteiger partial charge in [-0.2, -0.15) is 0 Å². The van der Waals surface area contributed by atoms with Gasteiger partial charge in [0.15, 0.2) is 11.3 Å². The van der Waals surface area contributed by atoms with Gasteiger partial charge in [-0.3, -0.25) is 4.79 Å². The molecule has 0 atom stereocenters. The minimum atomic E-state index is -1.30. The van der Waals surface area contributed by atoms with Crippen LogP contribution in [0.1, 0.15) is 11.1 Å². The number of ether oxygens (including phenoxy) is 1. The number of nitrogens with one attached hydrogen (secondary N) is 1.